The molecule has 0 spiro atoms. The molecule has 0 saturated heterocycles. The second kappa shape index (κ2) is 6.61. The second-order valence-corrected chi connectivity index (χ2v) is 6.36. The first-order valence-corrected chi connectivity index (χ1v) is 8.15. The summed E-state index contributed by atoms with van der Waals surface area (Å²) in [6.07, 6.45) is 1.63. The number of anilines is 2. The number of aromatic nitrogens is 1. The highest BCUT2D eigenvalue weighted by Gasteiger charge is 2.16. The lowest BCUT2D eigenvalue weighted by Crippen LogP contribution is -2.32. The number of halogens is 1. The van der Waals surface area contributed by atoms with Crippen LogP contribution in [0.15, 0.2) is 53.5 Å². The number of fused-ring (bicyclic) bond motifs is 1. The van der Waals surface area contributed by atoms with E-state index in [-0.39, 0.29) is 11.6 Å². The van der Waals surface area contributed by atoms with Crippen molar-refractivity contribution in [3.63, 3.8) is 0 Å². The Balaban J connectivity index is 1.99. The highest BCUT2D eigenvalue weighted by Crippen LogP contribution is 2.25. The van der Waals surface area contributed by atoms with Crippen LogP contribution in [-0.4, -0.2) is 17.6 Å². The van der Waals surface area contributed by atoms with Gasteiger partial charge in [-0.1, -0.05) is 35.9 Å². The fourth-order valence-corrected chi connectivity index (χ4v) is 2.93. The molecular weight excluding hydrogens is 338 g/mol. The standard InChI is InChI=1S/C19H18ClN3O2/c1-12-8-9-13(20)10-17(12)23(3)19(25)21-16-11-22(2)18(24)15-7-5-4-6-14(15)16/h4-11H,1-3H3,(H,21,25). The van der Waals surface area contributed by atoms with Gasteiger partial charge in [0.15, 0.2) is 0 Å². The zero-order valence-corrected chi connectivity index (χ0v) is 15.0. The molecule has 1 heterocycles. The molecule has 0 fully saturated rings. The Morgan fingerprint density at radius 1 is 1.16 bits per heavy atom. The van der Waals surface area contributed by atoms with Crippen molar-refractivity contribution >= 4 is 39.8 Å². The first-order valence-electron chi connectivity index (χ1n) is 7.77. The predicted molar refractivity (Wildman–Crippen MR) is 103 cm³/mol. The van der Waals surface area contributed by atoms with Gasteiger partial charge in [0.05, 0.1) is 5.69 Å². The summed E-state index contributed by atoms with van der Waals surface area (Å²) in [5.41, 5.74) is 2.13. The average molecular weight is 356 g/mol. The van der Waals surface area contributed by atoms with E-state index in [1.165, 1.54) is 9.47 Å². The minimum absolute atomic E-state index is 0.104. The molecule has 5 nitrogen and oxygen atoms in total. The van der Waals surface area contributed by atoms with Crippen molar-refractivity contribution in [3.05, 3.63) is 69.6 Å². The molecule has 0 aliphatic carbocycles. The number of carbonyl (C=O) groups excluding carboxylic acids is 1. The molecule has 2 aromatic carbocycles. The van der Waals surface area contributed by atoms with Crippen molar-refractivity contribution in [1.82, 2.24) is 4.57 Å². The van der Waals surface area contributed by atoms with Crippen molar-refractivity contribution in [3.8, 4) is 0 Å². The van der Waals surface area contributed by atoms with Crippen molar-refractivity contribution in [1.29, 1.82) is 0 Å². The van der Waals surface area contributed by atoms with Gasteiger partial charge >= 0.3 is 6.03 Å². The SMILES string of the molecule is Cc1ccc(Cl)cc1N(C)C(=O)Nc1cn(C)c(=O)c2ccccc12. The molecule has 0 bridgehead atoms. The van der Waals surface area contributed by atoms with E-state index in [2.05, 4.69) is 5.32 Å². The molecule has 128 valence electrons. The minimum Gasteiger partial charge on any atom is -0.316 e. The zero-order chi connectivity index (χ0) is 18.1. The summed E-state index contributed by atoms with van der Waals surface area (Å²) in [4.78, 5) is 26.4. The maximum Gasteiger partial charge on any atom is 0.326 e. The van der Waals surface area contributed by atoms with Crippen LogP contribution < -0.4 is 15.8 Å². The third kappa shape index (κ3) is 3.23. The van der Waals surface area contributed by atoms with Crippen LogP contribution in [0.1, 0.15) is 5.56 Å². The number of nitrogens with zero attached hydrogens (tertiary/aromatic N) is 2. The predicted octanol–water partition coefficient (Wildman–Crippen LogP) is 4.17. The number of carbonyl (C=O) groups is 1. The Morgan fingerprint density at radius 2 is 1.84 bits per heavy atom. The van der Waals surface area contributed by atoms with Gasteiger partial charge in [0.25, 0.3) is 5.56 Å². The van der Waals surface area contributed by atoms with E-state index in [0.717, 1.165) is 11.3 Å². The molecular formula is C19H18ClN3O2. The molecule has 25 heavy (non-hydrogen) atoms. The lowest BCUT2D eigenvalue weighted by molar-refractivity contribution is 0.258. The Kier molecular flexibility index (Phi) is 4.51. The Morgan fingerprint density at radius 3 is 2.56 bits per heavy atom. The number of benzene rings is 2. The first-order chi connectivity index (χ1) is 11.9. The summed E-state index contributed by atoms with van der Waals surface area (Å²) in [6, 6.07) is 12.3. The van der Waals surface area contributed by atoms with Gasteiger partial charge in [-0.2, -0.15) is 0 Å². The van der Waals surface area contributed by atoms with E-state index in [1.54, 1.807) is 44.6 Å². The van der Waals surface area contributed by atoms with Crippen LogP contribution in [-0.2, 0) is 7.05 Å². The van der Waals surface area contributed by atoms with Crippen LogP contribution in [0, 0.1) is 6.92 Å². The number of hydrogen-bond donors (Lipinski definition) is 1. The molecule has 2 amide bonds. The van der Waals surface area contributed by atoms with Gasteiger partial charge < -0.3 is 9.88 Å². The monoisotopic (exact) mass is 355 g/mol. The summed E-state index contributed by atoms with van der Waals surface area (Å²) in [5, 5.41) is 4.71. The molecule has 0 aliphatic heterocycles. The van der Waals surface area contributed by atoms with Crippen LogP contribution in [0.3, 0.4) is 0 Å². The van der Waals surface area contributed by atoms with E-state index in [9.17, 15) is 9.59 Å². The van der Waals surface area contributed by atoms with Gasteiger partial charge in [0, 0.05) is 41.8 Å². The maximum absolute atomic E-state index is 12.7. The second-order valence-electron chi connectivity index (χ2n) is 5.92. The van der Waals surface area contributed by atoms with Crippen LogP contribution in [0.2, 0.25) is 5.02 Å². The van der Waals surface area contributed by atoms with E-state index in [4.69, 9.17) is 11.6 Å². The van der Waals surface area contributed by atoms with Crippen LogP contribution in [0.25, 0.3) is 10.8 Å². The van der Waals surface area contributed by atoms with Crippen molar-refractivity contribution < 1.29 is 4.79 Å². The number of amides is 2. The first kappa shape index (κ1) is 17.0. The van der Waals surface area contributed by atoms with E-state index in [0.29, 0.717) is 21.5 Å². The van der Waals surface area contributed by atoms with E-state index >= 15 is 0 Å². The van der Waals surface area contributed by atoms with Crippen LogP contribution >= 0.6 is 11.6 Å². The number of pyridine rings is 1. The minimum atomic E-state index is -0.311. The van der Waals surface area contributed by atoms with Gasteiger partial charge in [-0.25, -0.2) is 4.79 Å². The Labute approximate surface area is 150 Å². The van der Waals surface area contributed by atoms with Crippen molar-refractivity contribution in [2.45, 2.75) is 6.92 Å². The molecule has 0 aliphatic rings. The fraction of sp³-hybridized carbons (Fsp3) is 0.158. The number of urea groups is 1. The molecule has 6 heteroatoms. The van der Waals surface area contributed by atoms with Gasteiger partial charge in [-0.15, -0.1) is 0 Å². The van der Waals surface area contributed by atoms with Crippen molar-refractivity contribution in [2.24, 2.45) is 7.05 Å². The maximum atomic E-state index is 12.7. The molecule has 3 aromatic rings. The molecule has 0 atom stereocenters. The Hall–Kier alpha value is -2.79. The lowest BCUT2D eigenvalue weighted by atomic mass is 10.1. The largest absolute Gasteiger partial charge is 0.326 e. The van der Waals surface area contributed by atoms with E-state index in [1.807, 2.05) is 25.1 Å². The molecule has 3 rings (SSSR count). The highest BCUT2D eigenvalue weighted by molar-refractivity contribution is 6.31. The number of nitrogens with one attached hydrogen (secondary N) is 1. The summed E-state index contributed by atoms with van der Waals surface area (Å²) in [5.74, 6) is 0. The highest BCUT2D eigenvalue weighted by atomic mass is 35.5. The van der Waals surface area contributed by atoms with Gasteiger partial charge in [-0.05, 0) is 30.7 Å². The molecule has 1 aromatic heterocycles. The third-order valence-electron chi connectivity index (χ3n) is 4.17. The normalized spacial score (nSPS) is 10.7. The summed E-state index contributed by atoms with van der Waals surface area (Å²) in [6.45, 7) is 1.91. The lowest BCUT2D eigenvalue weighted by Gasteiger charge is -2.21. The number of aryl methyl sites for hydroxylation is 2. The fourth-order valence-electron chi connectivity index (χ4n) is 2.77. The zero-order valence-electron chi connectivity index (χ0n) is 14.2. The van der Waals surface area contributed by atoms with Crippen molar-refractivity contribution in [2.75, 3.05) is 17.3 Å². The van der Waals surface area contributed by atoms with Gasteiger partial charge in [0.1, 0.15) is 0 Å². The van der Waals surface area contributed by atoms with Crippen LogP contribution in [0.4, 0.5) is 16.2 Å². The van der Waals surface area contributed by atoms with Gasteiger partial charge in [-0.3, -0.25) is 9.69 Å². The molecule has 0 radical (unpaired) electrons. The molecule has 0 unspecified atom stereocenters. The topological polar surface area (TPSA) is 54.3 Å². The molecule has 0 saturated carbocycles. The average Bonchev–Trinajstić information content (AvgIpc) is 2.61. The quantitative estimate of drug-likeness (QED) is 0.750. The van der Waals surface area contributed by atoms with Gasteiger partial charge in [0.2, 0.25) is 0 Å². The summed E-state index contributed by atoms with van der Waals surface area (Å²) >= 11 is 6.05. The summed E-state index contributed by atoms with van der Waals surface area (Å²) in [7, 11) is 3.34. The summed E-state index contributed by atoms with van der Waals surface area (Å²) < 4.78 is 1.46. The third-order valence-corrected chi connectivity index (χ3v) is 4.40. The smallest absolute Gasteiger partial charge is 0.316 e. The number of hydrogen-bond acceptors (Lipinski definition) is 2. The Bertz CT molecular complexity index is 1030. The number of rotatable bonds is 2. The van der Waals surface area contributed by atoms with E-state index < -0.39 is 0 Å². The van der Waals surface area contributed by atoms with Crippen LogP contribution in [0.5, 0.6) is 0 Å². The molecule has 1 N–H and O–H groups in total.